The Labute approximate surface area is 494 Å². The summed E-state index contributed by atoms with van der Waals surface area (Å²) in [5, 5.41) is 31.3. The number of ether oxygens (including phenoxy) is 9. The van der Waals surface area contributed by atoms with Gasteiger partial charge in [0, 0.05) is 81.8 Å². The molecule has 462 valence electrons. The van der Waals surface area contributed by atoms with Crippen molar-refractivity contribution in [2.45, 2.75) is 207 Å². The van der Waals surface area contributed by atoms with Crippen molar-refractivity contribution < 1.29 is 75.4 Å². The second-order valence-electron chi connectivity index (χ2n) is 24.3. The zero-order valence-electron chi connectivity index (χ0n) is 48.2. The van der Waals surface area contributed by atoms with E-state index < -0.39 is 45.6 Å². The zero-order chi connectivity index (χ0) is 59.9. The number of rotatable bonds is 9. The fourth-order valence-electron chi connectivity index (χ4n) is 13.7. The zero-order valence-corrected chi connectivity index (χ0v) is 49.8. The number of carbonyl (C=O) groups is 2. The molecule has 10 aliphatic heterocycles. The van der Waals surface area contributed by atoms with Gasteiger partial charge in [-0.1, -0.05) is 43.8 Å². The average molecular weight is 1210 g/mol. The maximum atomic E-state index is 14.1. The van der Waals surface area contributed by atoms with Crippen LogP contribution in [0.1, 0.15) is 108 Å². The number of aliphatic hydroxyl groups excluding tert-OH is 2. The van der Waals surface area contributed by atoms with E-state index in [2.05, 4.69) is 35.6 Å². The van der Waals surface area contributed by atoms with E-state index in [9.17, 15) is 27.9 Å². The second-order valence-corrected chi connectivity index (χ2v) is 26.2. The Morgan fingerprint density at radius 1 is 0.905 bits per heavy atom. The van der Waals surface area contributed by atoms with Crippen LogP contribution in [0.2, 0.25) is 5.02 Å². The van der Waals surface area contributed by atoms with E-state index in [1.54, 1.807) is 51.5 Å². The molecular weight excluding hydrogens is 1130 g/mol. The molecule has 10 aliphatic rings. The van der Waals surface area contributed by atoms with Crippen LogP contribution >= 0.6 is 11.6 Å². The molecule has 1 amide bonds. The normalized spacial score (nSPS) is 37.0. The van der Waals surface area contributed by atoms with Gasteiger partial charge in [-0.05, 0) is 87.1 Å². The molecule has 1 aromatic carbocycles. The molecule has 3 aromatic rings. The van der Waals surface area contributed by atoms with Crippen LogP contribution < -0.4 is 16.6 Å². The second kappa shape index (κ2) is 26.2. The van der Waals surface area contributed by atoms with Gasteiger partial charge >= 0.3 is 0 Å². The predicted octanol–water partition coefficient (Wildman–Crippen LogP) is 4.34. The first kappa shape index (κ1) is 62.7. The summed E-state index contributed by atoms with van der Waals surface area (Å²) in [5.74, 6) is -1.21. The number of nitrogens with two attached hydrogens (primary N) is 1. The number of nitrogens with one attached hydrogen (secondary N) is 1. The Morgan fingerprint density at radius 3 is 2.30 bits per heavy atom. The van der Waals surface area contributed by atoms with Crippen LogP contribution in [0.4, 0.5) is 0 Å². The fourth-order valence-corrected chi connectivity index (χ4v) is 13.9. The molecule has 10 fully saturated rings. The van der Waals surface area contributed by atoms with Crippen LogP contribution in [0.15, 0.2) is 71.8 Å². The maximum absolute atomic E-state index is 14.1. The third kappa shape index (κ3) is 14.1. The lowest BCUT2D eigenvalue weighted by atomic mass is 9.81. The third-order valence-electron chi connectivity index (χ3n) is 17.9. The highest BCUT2D eigenvalue weighted by molar-refractivity contribution is 7.85. The summed E-state index contributed by atoms with van der Waals surface area (Å²) >= 11 is 5.93. The van der Waals surface area contributed by atoms with Crippen LogP contribution in [-0.4, -0.2) is 190 Å². The number of halogens is 1. The minimum atomic E-state index is -3.67. The Morgan fingerprint density at radius 2 is 1.60 bits per heavy atom. The summed E-state index contributed by atoms with van der Waals surface area (Å²) in [5.41, 5.74) is 8.90. The molecule has 0 radical (unpaired) electrons. The van der Waals surface area contributed by atoms with E-state index in [1.807, 2.05) is 0 Å². The number of Topliss-reactive ketones (excluding diaryl/α,β-unsaturated/α-hetero) is 1. The number of methoxy groups -OCH3 is 1. The quantitative estimate of drug-likeness (QED) is 0.147. The van der Waals surface area contributed by atoms with Gasteiger partial charge in [0.15, 0.2) is 5.79 Å². The highest BCUT2D eigenvalue weighted by Crippen LogP contribution is 2.54. The number of nitrogens with zero attached hydrogens (tertiary/aromatic N) is 4. The summed E-state index contributed by atoms with van der Waals surface area (Å²) in [6.45, 7) is 12.7. The van der Waals surface area contributed by atoms with E-state index in [0.29, 0.717) is 53.9 Å². The van der Waals surface area contributed by atoms with E-state index in [4.69, 9.17) is 69.6 Å². The molecule has 6 N–H and O–H groups in total. The summed E-state index contributed by atoms with van der Waals surface area (Å²) in [7, 11) is -0.291. The number of fused-ring (bicyclic) bond motifs is 6. The van der Waals surface area contributed by atoms with Gasteiger partial charge in [0.05, 0.1) is 98.1 Å². The number of amides is 1. The summed E-state index contributed by atoms with van der Waals surface area (Å²) in [6, 6.07) is 7.84. The van der Waals surface area contributed by atoms with Crippen LogP contribution in [-0.2, 0) is 64.6 Å². The lowest BCUT2D eigenvalue weighted by Gasteiger charge is -2.47. The Kier molecular flexibility index (Phi) is 19.5. The number of benzene rings is 1. The summed E-state index contributed by atoms with van der Waals surface area (Å²) in [4.78, 5) is 39.5. The average Bonchev–Trinajstić information content (AvgIpc) is 1.73. The molecule has 13 rings (SSSR count). The number of carbonyl (C=O) groups excluding carboxylic acids is 2. The van der Waals surface area contributed by atoms with E-state index in [1.165, 1.54) is 16.9 Å². The number of aromatic nitrogens is 4. The maximum Gasteiger partial charge on any atom is 0.284 e. The van der Waals surface area contributed by atoms with E-state index in [0.717, 1.165) is 60.8 Å². The molecule has 23 nitrogen and oxygen atoms in total. The summed E-state index contributed by atoms with van der Waals surface area (Å²) in [6.07, 6.45) is 8.67. The molecule has 0 aliphatic carbocycles. The van der Waals surface area contributed by atoms with Crippen LogP contribution in [0, 0.1) is 11.8 Å². The topological polar surface area (TPSA) is 303 Å². The van der Waals surface area contributed by atoms with Crippen molar-refractivity contribution in [1.82, 2.24) is 24.9 Å². The Hall–Kier alpha value is -4.35. The number of aliphatic hydroxyl groups is 2. The highest BCUT2D eigenvalue weighted by atomic mass is 35.5. The molecular formula is C59H81ClN6O17S. The highest BCUT2D eigenvalue weighted by Gasteiger charge is 2.69. The minimum Gasteiger partial charge on any atom is -0.394 e. The van der Waals surface area contributed by atoms with Crippen LogP contribution in [0.25, 0.3) is 16.9 Å². The lowest BCUT2D eigenvalue weighted by molar-refractivity contribution is -0.292. The van der Waals surface area contributed by atoms with Gasteiger partial charge in [-0.25, -0.2) is 0 Å². The first-order valence-electron chi connectivity index (χ1n) is 29.3. The van der Waals surface area contributed by atoms with Gasteiger partial charge in [-0.15, -0.1) is 0 Å². The first-order chi connectivity index (χ1) is 40.0. The monoisotopic (exact) mass is 1210 g/mol. The predicted molar refractivity (Wildman–Crippen MR) is 305 cm³/mol. The largest absolute Gasteiger partial charge is 0.394 e. The van der Waals surface area contributed by atoms with Crippen molar-refractivity contribution in [2.75, 3.05) is 26.5 Å². The standard InChI is InChI=1S/C40H59NO11.C18H18ClN5O3.CH4O3S/c1-19-11-24-5-7-28-20(2)12-26(45-28)9-10-40-17-33-36(51-40)37-38(50-33)39(52-40)35-29(49-37)8-6-25(47-35)13-22(42)14-27-31(16-30(46-24)21(19)3)48-32(34(27)44-4)15-23(43)18-41;1-11(10-25)21-17(26)15-7-16(12-3-5-13(19)6-4-12)22-24(18(15)27)14-8-20-23(2)9-14;1-5(2,3)4/h19,23-39,43H,2-3,5-18,41H2,1,4H3;3-9,11,25H,10H2,1-2H3,(H,21,26);1H3,(H,2,3,4). The van der Waals surface area contributed by atoms with E-state index in [-0.39, 0.29) is 135 Å². The molecule has 12 heterocycles. The van der Waals surface area contributed by atoms with Crippen molar-refractivity contribution in [1.29, 1.82) is 0 Å². The van der Waals surface area contributed by atoms with Crippen molar-refractivity contribution in [3.8, 4) is 16.9 Å². The molecule has 25 heteroatoms. The van der Waals surface area contributed by atoms with Gasteiger partial charge in [-0.3, -0.25) is 23.6 Å². The fraction of sp³-hybridized carbons (Fsp3) is 0.678. The van der Waals surface area contributed by atoms with Crippen LogP contribution in [0.5, 0.6) is 0 Å². The van der Waals surface area contributed by atoms with Crippen molar-refractivity contribution in [3.63, 3.8) is 0 Å². The third-order valence-corrected chi connectivity index (χ3v) is 18.1. The van der Waals surface area contributed by atoms with Gasteiger partial charge in [-0.2, -0.15) is 23.3 Å². The van der Waals surface area contributed by atoms with Crippen LogP contribution in [0.3, 0.4) is 0 Å². The Bertz CT molecular complexity index is 3030. The van der Waals surface area contributed by atoms with E-state index >= 15 is 0 Å². The van der Waals surface area contributed by atoms with Crippen molar-refractivity contribution in [3.05, 3.63) is 88.0 Å². The molecule has 10 saturated heterocycles. The molecule has 20 atom stereocenters. The number of ketones is 1. The smallest absolute Gasteiger partial charge is 0.284 e. The minimum absolute atomic E-state index is 0.0158. The molecule has 12 bridgehead atoms. The molecule has 2 aromatic heterocycles. The molecule has 0 saturated carbocycles. The number of hydrogen-bond donors (Lipinski definition) is 5. The molecule has 1 spiro atoms. The summed E-state index contributed by atoms with van der Waals surface area (Å²) < 4.78 is 88.5. The lowest BCUT2D eigenvalue weighted by Crippen LogP contribution is -2.61. The SMILES string of the molecule is C=C1CC2CCC34CC5OC6C(OC7CCC(CC(=O)CC8C(CC9OC(CCC1O2)CC(C)C9=C)OC(CC(O)CN)C8OC)OC7C6O3)C5O4.CC(CO)NC(=O)c1cc(-c2ccc(Cl)cc2)nn(-c2cnn(C)c2)c1=O.CS(=O)(=O)O. The molecule has 84 heavy (non-hydrogen) atoms. The van der Waals surface area contributed by atoms with Gasteiger partial charge in [0.25, 0.3) is 21.6 Å². The number of hydrogen-bond acceptors (Lipinski definition) is 19. The van der Waals surface area contributed by atoms with Crippen molar-refractivity contribution in [2.24, 2.45) is 24.6 Å². The first-order valence-corrected chi connectivity index (χ1v) is 31.5. The molecule has 20 unspecified atom stereocenters. The van der Waals surface area contributed by atoms with Gasteiger partial charge in [0.2, 0.25) is 0 Å². The number of aryl methyl sites for hydroxylation is 1. The Balaban J connectivity index is 0.000000206. The van der Waals surface area contributed by atoms with Gasteiger partial charge < -0.3 is 63.9 Å². The van der Waals surface area contributed by atoms with Crippen molar-refractivity contribution >= 4 is 33.4 Å². The van der Waals surface area contributed by atoms with Gasteiger partial charge in [0.1, 0.15) is 47.6 Å².